The number of rotatable bonds is 8. The molecule has 4 aromatic rings. The van der Waals surface area contributed by atoms with Gasteiger partial charge in [-0.15, -0.1) is 0 Å². The zero-order valence-corrected chi connectivity index (χ0v) is 22.2. The molecule has 40 heavy (non-hydrogen) atoms. The number of benzene rings is 1. The van der Waals surface area contributed by atoms with Gasteiger partial charge >= 0.3 is 0 Å². The molecule has 10 heteroatoms. The molecule has 9 nitrogen and oxygen atoms in total. The molecule has 4 N–H and O–H groups in total. The van der Waals surface area contributed by atoms with Crippen LogP contribution in [0.4, 0.5) is 16.0 Å². The lowest BCUT2D eigenvalue weighted by molar-refractivity contribution is -0.115. The second kappa shape index (κ2) is 11.5. The van der Waals surface area contributed by atoms with Crippen molar-refractivity contribution in [1.82, 2.24) is 24.7 Å². The van der Waals surface area contributed by atoms with Crippen molar-refractivity contribution in [3.8, 4) is 23.1 Å². The Labute approximate surface area is 231 Å². The third-order valence-electron chi connectivity index (χ3n) is 7.36. The summed E-state index contributed by atoms with van der Waals surface area (Å²) < 4.78 is 15.5. The Morgan fingerprint density at radius 3 is 2.62 bits per heavy atom. The molecule has 1 saturated carbocycles. The molecule has 2 amide bonds. The first-order valence-corrected chi connectivity index (χ1v) is 13.3. The maximum atomic E-state index is 13.5. The molecule has 0 saturated heterocycles. The van der Waals surface area contributed by atoms with Crippen molar-refractivity contribution in [2.75, 3.05) is 17.6 Å². The molecule has 3 aromatic heterocycles. The number of hydrogen-bond donors (Lipinski definition) is 3. The molecule has 0 bridgehead atoms. The summed E-state index contributed by atoms with van der Waals surface area (Å²) in [5.41, 5.74) is 8.82. The van der Waals surface area contributed by atoms with Crippen LogP contribution in [0.25, 0.3) is 16.8 Å². The molecule has 3 heterocycles. The highest BCUT2D eigenvalue weighted by atomic mass is 19.1. The van der Waals surface area contributed by atoms with Crippen molar-refractivity contribution in [2.24, 2.45) is 0 Å². The molecular formula is C30H30FN7O2. The van der Waals surface area contributed by atoms with Gasteiger partial charge in [0.25, 0.3) is 11.8 Å². The third kappa shape index (κ3) is 5.50. The maximum Gasteiger partial charge on any atom is 0.295 e. The Bertz CT molecular complexity index is 1610. The molecule has 0 radical (unpaired) electrons. The zero-order valence-electron chi connectivity index (χ0n) is 22.2. The smallest absolute Gasteiger partial charge is 0.295 e. The minimum Gasteiger partial charge on any atom is -0.382 e. The number of halogens is 1. The lowest BCUT2D eigenvalue weighted by atomic mass is 9.80. The van der Waals surface area contributed by atoms with Crippen molar-refractivity contribution in [3.63, 3.8) is 0 Å². The quantitative estimate of drug-likeness (QED) is 0.224. The highest BCUT2D eigenvalue weighted by Crippen LogP contribution is 2.45. The molecule has 0 spiro atoms. The Morgan fingerprint density at radius 2 is 1.90 bits per heavy atom. The topological polar surface area (TPSA) is 127 Å². The highest BCUT2D eigenvalue weighted by molar-refractivity contribution is 6.04. The summed E-state index contributed by atoms with van der Waals surface area (Å²) in [4.78, 5) is 37.9. The fourth-order valence-corrected chi connectivity index (χ4v) is 5.50. The average molecular weight is 540 g/mol. The van der Waals surface area contributed by atoms with E-state index in [-0.39, 0.29) is 17.1 Å². The minimum absolute atomic E-state index is 0.136. The summed E-state index contributed by atoms with van der Waals surface area (Å²) in [7, 11) is 0. The normalized spacial score (nSPS) is 13.9. The molecule has 0 aliphatic heterocycles. The van der Waals surface area contributed by atoms with Gasteiger partial charge in [-0.1, -0.05) is 30.9 Å². The van der Waals surface area contributed by atoms with Gasteiger partial charge in [-0.25, -0.2) is 19.3 Å². The maximum absolute atomic E-state index is 13.5. The second-order valence-electron chi connectivity index (χ2n) is 9.93. The van der Waals surface area contributed by atoms with E-state index in [1.165, 1.54) is 12.3 Å². The summed E-state index contributed by atoms with van der Waals surface area (Å²) >= 11 is 0. The average Bonchev–Trinajstić information content (AvgIpc) is 3.58. The molecule has 1 aromatic carbocycles. The lowest BCUT2D eigenvalue weighted by Crippen LogP contribution is -2.29. The molecule has 0 atom stereocenters. The molecule has 1 fully saturated rings. The molecule has 1 aliphatic carbocycles. The fraction of sp³-hybridized carbons (Fsp3) is 0.300. The molecule has 0 unspecified atom stereocenters. The fourth-order valence-electron chi connectivity index (χ4n) is 5.50. The number of nitrogens with two attached hydrogens (primary N) is 1. The molecular weight excluding hydrogens is 509 g/mol. The standard InChI is InChI=1S/C30H30FN7O2/c1-2-6-24(39)34-15-5-14-30(12-3-4-13-30)29-37-25(26-27(32)35-17-18-38(26)29)20-7-9-21(10-8-20)28(40)36-23-19-22(31)11-16-33-23/h7-11,16-19H,3-5,12-15H2,1H3,(H2,32,35)(H,34,39)(H,33,36,40). The first-order valence-electron chi connectivity index (χ1n) is 13.3. The van der Waals surface area contributed by atoms with Gasteiger partial charge in [-0.05, 0) is 56.7 Å². The van der Waals surface area contributed by atoms with Gasteiger partial charge in [-0.3, -0.25) is 14.0 Å². The van der Waals surface area contributed by atoms with E-state index in [1.807, 2.05) is 22.7 Å². The van der Waals surface area contributed by atoms with E-state index >= 15 is 0 Å². The van der Waals surface area contributed by atoms with E-state index in [4.69, 9.17) is 10.7 Å². The van der Waals surface area contributed by atoms with Gasteiger partial charge in [0.2, 0.25) is 0 Å². The van der Waals surface area contributed by atoms with Crippen LogP contribution in [0.1, 0.15) is 61.6 Å². The van der Waals surface area contributed by atoms with Crippen LogP contribution >= 0.6 is 0 Å². The van der Waals surface area contributed by atoms with Crippen LogP contribution in [0, 0.1) is 17.7 Å². The van der Waals surface area contributed by atoms with E-state index in [0.29, 0.717) is 23.6 Å². The van der Waals surface area contributed by atoms with Crippen LogP contribution in [0.15, 0.2) is 55.0 Å². The molecule has 5 rings (SSSR count). The second-order valence-corrected chi connectivity index (χ2v) is 9.93. The zero-order chi connectivity index (χ0) is 28.1. The Morgan fingerprint density at radius 1 is 1.12 bits per heavy atom. The van der Waals surface area contributed by atoms with Crippen molar-refractivity contribution >= 4 is 29.0 Å². The van der Waals surface area contributed by atoms with Gasteiger partial charge in [0, 0.05) is 47.7 Å². The Hall–Kier alpha value is -4.78. The number of nitrogens with one attached hydrogen (secondary N) is 2. The van der Waals surface area contributed by atoms with E-state index < -0.39 is 11.7 Å². The summed E-state index contributed by atoms with van der Waals surface area (Å²) in [6.45, 7) is 2.19. The van der Waals surface area contributed by atoms with E-state index in [0.717, 1.165) is 61.5 Å². The summed E-state index contributed by atoms with van der Waals surface area (Å²) in [6, 6.07) is 9.39. The van der Waals surface area contributed by atoms with Crippen molar-refractivity contribution < 1.29 is 14.0 Å². The van der Waals surface area contributed by atoms with Crippen molar-refractivity contribution in [2.45, 2.75) is 50.9 Å². The van der Waals surface area contributed by atoms with Crippen molar-refractivity contribution in [1.29, 1.82) is 0 Å². The van der Waals surface area contributed by atoms with E-state index in [2.05, 4.69) is 32.4 Å². The Balaban J connectivity index is 1.43. The lowest BCUT2D eigenvalue weighted by Gasteiger charge is -2.28. The summed E-state index contributed by atoms with van der Waals surface area (Å²) in [5.74, 6) is 5.42. The van der Waals surface area contributed by atoms with Crippen LogP contribution in [-0.4, -0.2) is 37.7 Å². The summed E-state index contributed by atoms with van der Waals surface area (Å²) in [5, 5.41) is 5.47. The number of imidazole rings is 1. The van der Waals surface area contributed by atoms with Gasteiger partial charge in [0.15, 0.2) is 0 Å². The first kappa shape index (κ1) is 26.8. The predicted octanol–water partition coefficient (Wildman–Crippen LogP) is 4.50. The molecule has 1 aliphatic rings. The van der Waals surface area contributed by atoms with Crippen LogP contribution in [0.2, 0.25) is 0 Å². The SMILES string of the molecule is CC#CC(=O)NCCCC1(c2nc(-c3ccc(C(=O)Nc4cc(F)ccn4)cc3)c3c(N)nccn23)CCCC1. The number of carbonyl (C=O) groups is 2. The Kier molecular flexibility index (Phi) is 7.73. The number of aromatic nitrogens is 4. The van der Waals surface area contributed by atoms with Crippen LogP contribution in [0.5, 0.6) is 0 Å². The number of carbonyl (C=O) groups excluding carboxylic acids is 2. The minimum atomic E-state index is -0.482. The predicted molar refractivity (Wildman–Crippen MR) is 151 cm³/mol. The molecule has 204 valence electrons. The number of nitrogen functional groups attached to an aromatic ring is 1. The van der Waals surface area contributed by atoms with Crippen molar-refractivity contribution in [3.05, 3.63) is 72.2 Å². The van der Waals surface area contributed by atoms with Crippen LogP contribution in [-0.2, 0) is 10.2 Å². The summed E-state index contributed by atoms with van der Waals surface area (Å²) in [6.07, 6.45) is 10.7. The third-order valence-corrected chi connectivity index (χ3v) is 7.36. The number of nitrogens with zero attached hydrogens (tertiary/aromatic N) is 4. The monoisotopic (exact) mass is 539 g/mol. The van der Waals surface area contributed by atoms with Crippen LogP contribution in [0.3, 0.4) is 0 Å². The number of fused-ring (bicyclic) bond motifs is 1. The largest absolute Gasteiger partial charge is 0.382 e. The van der Waals surface area contributed by atoms with Gasteiger partial charge in [0.1, 0.15) is 34.5 Å². The number of hydrogen-bond acceptors (Lipinski definition) is 6. The number of pyridine rings is 1. The van der Waals surface area contributed by atoms with E-state index in [9.17, 15) is 14.0 Å². The van der Waals surface area contributed by atoms with E-state index in [1.54, 1.807) is 25.3 Å². The van der Waals surface area contributed by atoms with Gasteiger partial charge in [-0.2, -0.15) is 0 Å². The van der Waals surface area contributed by atoms with Gasteiger partial charge in [0.05, 0.1) is 0 Å². The number of amides is 2. The van der Waals surface area contributed by atoms with Crippen LogP contribution < -0.4 is 16.4 Å². The number of anilines is 2. The first-order chi connectivity index (χ1) is 19.4. The van der Waals surface area contributed by atoms with Gasteiger partial charge < -0.3 is 16.4 Å². The highest BCUT2D eigenvalue weighted by Gasteiger charge is 2.39.